The third-order valence-electron chi connectivity index (χ3n) is 5.37. The SMILES string of the molecule is COc1ccc(C2(CN)Oc3ccccc3C(C#Cc3ccccc3)=C2C)cc1. The summed E-state index contributed by atoms with van der Waals surface area (Å²) in [6, 6.07) is 25.8. The summed E-state index contributed by atoms with van der Waals surface area (Å²) in [7, 11) is 1.66. The van der Waals surface area contributed by atoms with Gasteiger partial charge in [-0.15, -0.1) is 0 Å². The highest BCUT2D eigenvalue weighted by atomic mass is 16.5. The number of methoxy groups -OCH3 is 1. The smallest absolute Gasteiger partial charge is 0.168 e. The fourth-order valence-electron chi connectivity index (χ4n) is 3.70. The number of nitrogens with two attached hydrogens (primary N) is 1. The van der Waals surface area contributed by atoms with Crippen molar-refractivity contribution in [3.8, 4) is 23.3 Å². The second-order valence-corrected chi connectivity index (χ2v) is 6.97. The molecule has 2 N–H and O–H groups in total. The van der Waals surface area contributed by atoms with Gasteiger partial charge in [-0.05, 0) is 48.9 Å². The van der Waals surface area contributed by atoms with Crippen molar-refractivity contribution in [2.24, 2.45) is 5.73 Å². The van der Waals surface area contributed by atoms with Gasteiger partial charge >= 0.3 is 0 Å². The zero-order valence-corrected chi connectivity index (χ0v) is 16.6. The summed E-state index contributed by atoms with van der Waals surface area (Å²) in [5, 5.41) is 0. The Bertz CT molecular complexity index is 1100. The van der Waals surface area contributed by atoms with Gasteiger partial charge in [0, 0.05) is 28.8 Å². The number of fused-ring (bicyclic) bond motifs is 1. The molecule has 3 aromatic rings. The quantitative estimate of drug-likeness (QED) is 0.665. The van der Waals surface area contributed by atoms with Gasteiger partial charge in [0.15, 0.2) is 5.60 Å². The Labute approximate surface area is 171 Å². The van der Waals surface area contributed by atoms with E-state index in [1.807, 2.05) is 78.9 Å². The zero-order chi connectivity index (χ0) is 20.3. The molecule has 0 fully saturated rings. The third-order valence-corrected chi connectivity index (χ3v) is 5.37. The second-order valence-electron chi connectivity index (χ2n) is 6.97. The molecular formula is C26H23NO2. The molecule has 3 aromatic carbocycles. The van der Waals surface area contributed by atoms with Gasteiger partial charge in [-0.2, -0.15) is 0 Å². The molecule has 0 amide bonds. The molecule has 1 aliphatic rings. The molecule has 1 aliphatic heterocycles. The van der Waals surface area contributed by atoms with Gasteiger partial charge in [0.2, 0.25) is 0 Å². The van der Waals surface area contributed by atoms with Crippen molar-refractivity contribution in [1.29, 1.82) is 0 Å². The van der Waals surface area contributed by atoms with E-state index in [0.717, 1.165) is 39.3 Å². The highest BCUT2D eigenvalue weighted by Crippen LogP contribution is 2.45. The van der Waals surface area contributed by atoms with E-state index in [0.29, 0.717) is 6.54 Å². The molecule has 144 valence electrons. The lowest BCUT2D eigenvalue weighted by Crippen LogP contribution is -2.44. The van der Waals surface area contributed by atoms with Crippen LogP contribution in [0.15, 0.2) is 84.4 Å². The lowest BCUT2D eigenvalue weighted by atomic mass is 9.80. The van der Waals surface area contributed by atoms with Gasteiger partial charge in [0.25, 0.3) is 0 Å². The summed E-state index contributed by atoms with van der Waals surface area (Å²) in [5.74, 6) is 8.27. The summed E-state index contributed by atoms with van der Waals surface area (Å²) >= 11 is 0. The summed E-state index contributed by atoms with van der Waals surface area (Å²) in [5.41, 5.74) is 10.4. The van der Waals surface area contributed by atoms with Gasteiger partial charge < -0.3 is 15.2 Å². The molecule has 0 spiro atoms. The van der Waals surface area contributed by atoms with E-state index in [9.17, 15) is 0 Å². The van der Waals surface area contributed by atoms with Crippen LogP contribution in [0.25, 0.3) is 5.57 Å². The van der Waals surface area contributed by atoms with Crippen LogP contribution in [0.4, 0.5) is 0 Å². The summed E-state index contributed by atoms with van der Waals surface area (Å²) in [6.45, 7) is 2.36. The van der Waals surface area contributed by atoms with E-state index < -0.39 is 5.60 Å². The predicted octanol–water partition coefficient (Wildman–Crippen LogP) is 4.77. The lowest BCUT2D eigenvalue weighted by Gasteiger charge is -2.39. The normalized spacial score (nSPS) is 17.6. The van der Waals surface area contributed by atoms with Crippen LogP contribution in [0.2, 0.25) is 0 Å². The summed E-state index contributed by atoms with van der Waals surface area (Å²) < 4.78 is 11.8. The second kappa shape index (κ2) is 7.87. The van der Waals surface area contributed by atoms with Crippen molar-refractivity contribution < 1.29 is 9.47 Å². The molecule has 0 saturated heterocycles. The highest BCUT2D eigenvalue weighted by Gasteiger charge is 2.41. The Morgan fingerprint density at radius 1 is 0.897 bits per heavy atom. The molecule has 0 aromatic heterocycles. The first-order chi connectivity index (χ1) is 14.2. The van der Waals surface area contributed by atoms with Gasteiger partial charge in [0.05, 0.1) is 7.11 Å². The maximum Gasteiger partial charge on any atom is 0.168 e. The first-order valence-electron chi connectivity index (χ1n) is 9.59. The number of benzene rings is 3. The predicted molar refractivity (Wildman–Crippen MR) is 117 cm³/mol. The van der Waals surface area contributed by atoms with Gasteiger partial charge in [-0.25, -0.2) is 0 Å². The maximum atomic E-state index is 6.53. The van der Waals surface area contributed by atoms with Gasteiger partial charge in [-0.3, -0.25) is 0 Å². The van der Waals surface area contributed by atoms with E-state index >= 15 is 0 Å². The van der Waals surface area contributed by atoms with E-state index in [1.54, 1.807) is 7.11 Å². The minimum Gasteiger partial charge on any atom is -0.497 e. The Morgan fingerprint density at radius 2 is 1.59 bits per heavy atom. The molecule has 0 saturated carbocycles. The van der Waals surface area contributed by atoms with Crippen LogP contribution >= 0.6 is 0 Å². The average Bonchev–Trinajstić information content (AvgIpc) is 2.79. The molecule has 3 nitrogen and oxygen atoms in total. The molecule has 4 rings (SSSR count). The topological polar surface area (TPSA) is 44.5 Å². The van der Waals surface area contributed by atoms with E-state index in [1.165, 1.54) is 0 Å². The highest BCUT2D eigenvalue weighted by molar-refractivity contribution is 5.87. The minimum atomic E-state index is -0.776. The Hall–Kier alpha value is -3.48. The Balaban J connectivity index is 1.90. The maximum absolute atomic E-state index is 6.53. The van der Waals surface area contributed by atoms with Crippen LogP contribution in [-0.2, 0) is 5.60 Å². The largest absolute Gasteiger partial charge is 0.497 e. The standard InChI is InChI=1S/C26H23NO2/c1-19-23(17-12-20-8-4-3-5-9-20)24-10-6-7-11-25(24)29-26(19,18-27)21-13-15-22(28-2)16-14-21/h3-11,13-16H,18,27H2,1-2H3. The van der Waals surface area contributed by atoms with Crippen molar-refractivity contribution >= 4 is 5.57 Å². The molecule has 0 radical (unpaired) electrons. The molecule has 1 atom stereocenters. The molecule has 1 heterocycles. The first-order valence-corrected chi connectivity index (χ1v) is 9.59. The van der Waals surface area contributed by atoms with E-state index in [-0.39, 0.29) is 0 Å². The number of hydrogen-bond donors (Lipinski definition) is 1. The fourth-order valence-corrected chi connectivity index (χ4v) is 3.70. The Kier molecular flexibility index (Phi) is 5.12. The Morgan fingerprint density at radius 3 is 2.28 bits per heavy atom. The van der Waals surface area contributed by atoms with Crippen LogP contribution in [0.1, 0.15) is 23.6 Å². The van der Waals surface area contributed by atoms with E-state index in [4.69, 9.17) is 15.2 Å². The molecule has 29 heavy (non-hydrogen) atoms. The van der Waals surface area contributed by atoms with E-state index in [2.05, 4.69) is 18.8 Å². The zero-order valence-electron chi connectivity index (χ0n) is 16.6. The summed E-state index contributed by atoms with van der Waals surface area (Å²) in [6.07, 6.45) is 0. The lowest BCUT2D eigenvalue weighted by molar-refractivity contribution is 0.111. The van der Waals surface area contributed by atoms with Gasteiger partial charge in [-0.1, -0.05) is 54.3 Å². The number of hydrogen-bond acceptors (Lipinski definition) is 3. The molecule has 0 aliphatic carbocycles. The van der Waals surface area contributed by atoms with Crippen LogP contribution < -0.4 is 15.2 Å². The fraction of sp³-hybridized carbons (Fsp3) is 0.154. The molecule has 0 bridgehead atoms. The van der Waals surface area contributed by atoms with Crippen LogP contribution in [-0.4, -0.2) is 13.7 Å². The number of para-hydroxylation sites is 1. The van der Waals surface area contributed by atoms with Crippen molar-refractivity contribution in [2.45, 2.75) is 12.5 Å². The summed E-state index contributed by atoms with van der Waals surface area (Å²) in [4.78, 5) is 0. The van der Waals surface area contributed by atoms with Crippen molar-refractivity contribution in [1.82, 2.24) is 0 Å². The minimum absolute atomic E-state index is 0.302. The molecule has 1 unspecified atom stereocenters. The number of allylic oxidation sites excluding steroid dienone is 1. The first kappa shape index (κ1) is 18.9. The van der Waals surface area contributed by atoms with Gasteiger partial charge in [0.1, 0.15) is 11.5 Å². The van der Waals surface area contributed by atoms with Crippen molar-refractivity contribution in [3.05, 3.63) is 101 Å². The molecule has 3 heteroatoms. The van der Waals surface area contributed by atoms with Crippen molar-refractivity contribution in [3.63, 3.8) is 0 Å². The molecular weight excluding hydrogens is 358 g/mol. The average molecular weight is 381 g/mol. The van der Waals surface area contributed by atoms with Crippen molar-refractivity contribution in [2.75, 3.05) is 13.7 Å². The van der Waals surface area contributed by atoms with Crippen LogP contribution in [0.3, 0.4) is 0 Å². The monoisotopic (exact) mass is 381 g/mol. The van der Waals surface area contributed by atoms with Crippen LogP contribution in [0, 0.1) is 11.8 Å². The van der Waals surface area contributed by atoms with Crippen LogP contribution in [0.5, 0.6) is 11.5 Å². The number of rotatable bonds is 3. The number of ether oxygens (including phenoxy) is 2. The third kappa shape index (κ3) is 3.40.